The third kappa shape index (κ3) is 4.52. The average Bonchev–Trinajstić information content (AvgIpc) is 2.93. The zero-order chi connectivity index (χ0) is 15.2. The molecule has 1 heterocycles. The first kappa shape index (κ1) is 14.9. The smallest absolute Gasteiger partial charge is 0.353 e. The van der Waals surface area contributed by atoms with Gasteiger partial charge in [0.25, 0.3) is 0 Å². The molecule has 0 bridgehead atoms. The van der Waals surface area contributed by atoms with Gasteiger partial charge >= 0.3 is 5.97 Å². The quantitative estimate of drug-likeness (QED) is 0.729. The molecule has 0 amide bonds. The number of hydrogen-bond acceptors (Lipinski definition) is 4. The predicted octanol–water partition coefficient (Wildman–Crippen LogP) is 2.75. The summed E-state index contributed by atoms with van der Waals surface area (Å²) in [6.07, 6.45) is 0. The summed E-state index contributed by atoms with van der Waals surface area (Å²) >= 11 is 0. The minimum atomic E-state index is -1.03. The Morgan fingerprint density at radius 2 is 2.10 bits per heavy atom. The van der Waals surface area contributed by atoms with Crippen molar-refractivity contribution in [2.45, 2.75) is 20.4 Å². The summed E-state index contributed by atoms with van der Waals surface area (Å²) in [6, 6.07) is 9.24. The van der Waals surface area contributed by atoms with Crippen LogP contribution >= 0.6 is 0 Å². The monoisotopic (exact) mass is 289 g/mol. The molecule has 2 rings (SSSR count). The standard InChI is InChI=1S/C15H19N3O3/c1-10(2)9-21-12-5-3-11(4-6-12)8-16-14-7-13(15(19)20)17-18-14/h3-7,10H,8-9H2,1-2H3,(H,19,20)(H2,16,17,18). The highest BCUT2D eigenvalue weighted by Crippen LogP contribution is 2.14. The number of ether oxygens (including phenoxy) is 1. The number of carboxylic acid groups (broad SMARTS) is 1. The van der Waals surface area contributed by atoms with Crippen LogP contribution in [0.25, 0.3) is 0 Å². The Hall–Kier alpha value is -2.50. The maximum atomic E-state index is 10.7. The SMILES string of the molecule is CC(C)COc1ccc(CNc2cc(C(=O)O)[nH]n2)cc1. The lowest BCUT2D eigenvalue weighted by Crippen LogP contribution is -2.04. The van der Waals surface area contributed by atoms with Crippen molar-refractivity contribution < 1.29 is 14.6 Å². The van der Waals surface area contributed by atoms with Gasteiger partial charge < -0.3 is 15.2 Å². The van der Waals surface area contributed by atoms with E-state index in [1.165, 1.54) is 6.07 Å². The second-order valence-corrected chi connectivity index (χ2v) is 5.17. The molecule has 6 heteroatoms. The molecule has 112 valence electrons. The molecule has 0 aliphatic carbocycles. The van der Waals surface area contributed by atoms with Gasteiger partial charge in [0.1, 0.15) is 17.3 Å². The van der Waals surface area contributed by atoms with Crippen molar-refractivity contribution in [3.63, 3.8) is 0 Å². The van der Waals surface area contributed by atoms with Gasteiger partial charge in [-0.3, -0.25) is 5.10 Å². The van der Waals surface area contributed by atoms with Crippen molar-refractivity contribution in [3.8, 4) is 5.75 Å². The Morgan fingerprint density at radius 3 is 2.67 bits per heavy atom. The second-order valence-electron chi connectivity index (χ2n) is 5.17. The van der Waals surface area contributed by atoms with Crippen LogP contribution in [-0.4, -0.2) is 27.9 Å². The van der Waals surface area contributed by atoms with E-state index < -0.39 is 5.97 Å². The van der Waals surface area contributed by atoms with Crippen molar-refractivity contribution >= 4 is 11.8 Å². The Balaban J connectivity index is 1.86. The molecule has 21 heavy (non-hydrogen) atoms. The molecule has 0 unspecified atom stereocenters. The van der Waals surface area contributed by atoms with E-state index in [1.54, 1.807) is 0 Å². The summed E-state index contributed by atoms with van der Waals surface area (Å²) in [7, 11) is 0. The van der Waals surface area contributed by atoms with Gasteiger partial charge in [-0.15, -0.1) is 0 Å². The fraction of sp³-hybridized carbons (Fsp3) is 0.333. The summed E-state index contributed by atoms with van der Waals surface area (Å²) in [5.41, 5.74) is 1.13. The molecular weight excluding hydrogens is 270 g/mol. The van der Waals surface area contributed by atoms with Crippen LogP contribution in [0.2, 0.25) is 0 Å². The van der Waals surface area contributed by atoms with Crippen molar-refractivity contribution in [2.24, 2.45) is 5.92 Å². The maximum absolute atomic E-state index is 10.7. The highest BCUT2D eigenvalue weighted by molar-refractivity contribution is 5.86. The van der Waals surface area contributed by atoms with Crippen LogP contribution in [0.5, 0.6) is 5.75 Å². The van der Waals surface area contributed by atoms with Crippen LogP contribution in [0.4, 0.5) is 5.82 Å². The normalized spacial score (nSPS) is 10.6. The lowest BCUT2D eigenvalue weighted by atomic mass is 10.2. The number of carboxylic acids is 1. The third-order valence-corrected chi connectivity index (χ3v) is 2.79. The number of rotatable bonds is 7. The molecule has 0 atom stereocenters. The number of carbonyl (C=O) groups is 1. The van der Waals surface area contributed by atoms with Gasteiger partial charge in [-0.2, -0.15) is 5.10 Å². The summed E-state index contributed by atoms with van der Waals surface area (Å²) < 4.78 is 5.61. The fourth-order valence-electron chi connectivity index (χ4n) is 1.68. The van der Waals surface area contributed by atoms with Crippen LogP contribution in [0.3, 0.4) is 0 Å². The van der Waals surface area contributed by atoms with Gasteiger partial charge in [-0.25, -0.2) is 4.79 Å². The van der Waals surface area contributed by atoms with Crippen molar-refractivity contribution in [1.82, 2.24) is 10.2 Å². The average molecular weight is 289 g/mol. The summed E-state index contributed by atoms with van der Waals surface area (Å²) in [4.78, 5) is 10.7. The number of anilines is 1. The lowest BCUT2D eigenvalue weighted by molar-refractivity contribution is 0.0690. The van der Waals surface area contributed by atoms with Crippen LogP contribution in [0.15, 0.2) is 30.3 Å². The van der Waals surface area contributed by atoms with E-state index in [-0.39, 0.29) is 5.69 Å². The van der Waals surface area contributed by atoms with E-state index in [4.69, 9.17) is 9.84 Å². The second kappa shape index (κ2) is 6.78. The number of nitrogens with one attached hydrogen (secondary N) is 2. The first-order valence-electron chi connectivity index (χ1n) is 6.79. The number of aromatic amines is 1. The zero-order valence-electron chi connectivity index (χ0n) is 12.1. The van der Waals surface area contributed by atoms with E-state index in [2.05, 4.69) is 29.4 Å². The molecule has 6 nitrogen and oxygen atoms in total. The van der Waals surface area contributed by atoms with Crippen molar-refractivity contribution in [2.75, 3.05) is 11.9 Å². The molecule has 0 spiro atoms. The zero-order valence-corrected chi connectivity index (χ0v) is 12.1. The van der Waals surface area contributed by atoms with Crippen molar-refractivity contribution in [1.29, 1.82) is 0 Å². The third-order valence-electron chi connectivity index (χ3n) is 2.79. The minimum absolute atomic E-state index is 0.0648. The molecule has 0 saturated carbocycles. The van der Waals surface area contributed by atoms with Gasteiger partial charge in [-0.1, -0.05) is 26.0 Å². The van der Waals surface area contributed by atoms with Crippen LogP contribution in [0.1, 0.15) is 29.9 Å². The Bertz CT molecular complexity index is 590. The van der Waals surface area contributed by atoms with Gasteiger partial charge in [0.05, 0.1) is 6.61 Å². The lowest BCUT2D eigenvalue weighted by Gasteiger charge is -2.09. The number of nitrogens with zero attached hydrogens (tertiary/aromatic N) is 1. The summed E-state index contributed by atoms with van der Waals surface area (Å²) in [5.74, 6) is 0.824. The highest BCUT2D eigenvalue weighted by Gasteiger charge is 2.07. The fourth-order valence-corrected chi connectivity index (χ4v) is 1.68. The Kier molecular flexibility index (Phi) is 4.81. The van der Waals surface area contributed by atoms with Gasteiger partial charge in [0.2, 0.25) is 0 Å². The first-order chi connectivity index (χ1) is 10.0. The van der Waals surface area contributed by atoms with Crippen LogP contribution < -0.4 is 10.1 Å². The minimum Gasteiger partial charge on any atom is -0.493 e. The molecule has 2 aromatic rings. The molecule has 0 aliphatic rings. The number of benzene rings is 1. The first-order valence-corrected chi connectivity index (χ1v) is 6.79. The van der Waals surface area contributed by atoms with E-state index in [1.807, 2.05) is 24.3 Å². The molecule has 1 aromatic heterocycles. The maximum Gasteiger partial charge on any atom is 0.353 e. The molecule has 0 radical (unpaired) electrons. The van der Waals surface area contributed by atoms with E-state index in [0.29, 0.717) is 24.9 Å². The predicted molar refractivity (Wildman–Crippen MR) is 79.6 cm³/mol. The van der Waals surface area contributed by atoms with Crippen LogP contribution in [0, 0.1) is 5.92 Å². The van der Waals surface area contributed by atoms with E-state index in [9.17, 15) is 4.79 Å². The molecule has 3 N–H and O–H groups in total. The Morgan fingerprint density at radius 1 is 1.38 bits per heavy atom. The summed E-state index contributed by atoms with van der Waals surface area (Å²) in [6.45, 7) is 5.47. The largest absolute Gasteiger partial charge is 0.493 e. The van der Waals surface area contributed by atoms with E-state index >= 15 is 0 Å². The molecular formula is C15H19N3O3. The molecule has 1 aromatic carbocycles. The summed E-state index contributed by atoms with van der Waals surface area (Å²) in [5, 5.41) is 18.2. The van der Waals surface area contributed by atoms with Crippen LogP contribution in [-0.2, 0) is 6.54 Å². The molecule has 0 aliphatic heterocycles. The van der Waals surface area contributed by atoms with E-state index in [0.717, 1.165) is 11.3 Å². The van der Waals surface area contributed by atoms with Gasteiger partial charge in [0.15, 0.2) is 0 Å². The topological polar surface area (TPSA) is 87.2 Å². The van der Waals surface area contributed by atoms with Gasteiger partial charge in [-0.05, 0) is 23.6 Å². The van der Waals surface area contributed by atoms with Crippen molar-refractivity contribution in [3.05, 3.63) is 41.6 Å². The number of aromatic nitrogens is 2. The van der Waals surface area contributed by atoms with Gasteiger partial charge in [0, 0.05) is 12.6 Å². The molecule has 0 saturated heterocycles. The highest BCUT2D eigenvalue weighted by atomic mass is 16.5. The number of hydrogen-bond donors (Lipinski definition) is 3. The Labute approximate surface area is 123 Å². The number of H-pyrrole nitrogens is 1. The molecule has 0 fully saturated rings. The number of aromatic carboxylic acids is 1.